The van der Waals surface area contributed by atoms with Gasteiger partial charge in [-0.05, 0) is 25.3 Å². The molecule has 0 fully saturated rings. The lowest BCUT2D eigenvalue weighted by molar-refractivity contribution is -0.143. The van der Waals surface area contributed by atoms with E-state index < -0.39 is 0 Å². The Morgan fingerprint density at radius 3 is 2.44 bits per heavy atom. The van der Waals surface area contributed by atoms with Gasteiger partial charge >= 0.3 is 5.97 Å². The van der Waals surface area contributed by atoms with Crippen LogP contribution in [0.5, 0.6) is 0 Å². The minimum absolute atomic E-state index is 0. The highest BCUT2D eigenvalue weighted by Crippen LogP contribution is 2.04. The van der Waals surface area contributed by atoms with Crippen molar-refractivity contribution >= 4 is 35.9 Å². The van der Waals surface area contributed by atoms with Crippen LogP contribution in [0.15, 0.2) is 35.3 Å². The summed E-state index contributed by atoms with van der Waals surface area (Å²) >= 11 is 0. The predicted molar refractivity (Wildman–Crippen MR) is 114 cm³/mol. The van der Waals surface area contributed by atoms with Crippen molar-refractivity contribution in [3.63, 3.8) is 0 Å². The zero-order chi connectivity index (χ0) is 17.6. The van der Waals surface area contributed by atoms with Crippen LogP contribution in [0, 0.1) is 0 Å². The molecule has 1 aromatic rings. The molecule has 5 nitrogen and oxygen atoms in total. The van der Waals surface area contributed by atoms with Gasteiger partial charge in [0.25, 0.3) is 0 Å². The van der Waals surface area contributed by atoms with E-state index in [0.717, 1.165) is 38.2 Å². The lowest BCUT2D eigenvalue weighted by Crippen LogP contribution is -2.37. The number of guanidine groups is 1. The fourth-order valence-electron chi connectivity index (χ4n) is 2.29. The number of esters is 1. The van der Waals surface area contributed by atoms with E-state index in [0.29, 0.717) is 19.6 Å². The number of carbonyl (C=O) groups is 1. The van der Waals surface area contributed by atoms with E-state index in [-0.39, 0.29) is 29.9 Å². The maximum absolute atomic E-state index is 11.2. The lowest BCUT2D eigenvalue weighted by Gasteiger charge is -2.17. The summed E-state index contributed by atoms with van der Waals surface area (Å²) in [5.74, 6) is 0.823. The standard InChI is InChI=1S/C19H31N3O2.HI/c1-4-24-18(23)14-10-5-6-11-15-20-19(22(2)3)21-16-17-12-8-7-9-13-17;/h7-9,12-13H,4-6,10-11,14-16H2,1-3H3,(H,20,21);1H. The van der Waals surface area contributed by atoms with Gasteiger partial charge in [-0.1, -0.05) is 43.2 Å². The van der Waals surface area contributed by atoms with E-state index in [1.165, 1.54) is 5.56 Å². The summed E-state index contributed by atoms with van der Waals surface area (Å²) in [4.78, 5) is 17.9. The van der Waals surface area contributed by atoms with E-state index in [1.807, 2.05) is 44.1 Å². The number of halogens is 1. The highest BCUT2D eigenvalue weighted by Gasteiger charge is 2.02. The largest absolute Gasteiger partial charge is 0.466 e. The first kappa shape index (κ1) is 23.7. The first-order chi connectivity index (χ1) is 11.6. The minimum atomic E-state index is -0.0847. The average molecular weight is 461 g/mol. The van der Waals surface area contributed by atoms with Gasteiger partial charge in [0, 0.05) is 27.1 Å². The Morgan fingerprint density at radius 2 is 1.80 bits per heavy atom. The zero-order valence-electron chi connectivity index (χ0n) is 15.7. The van der Waals surface area contributed by atoms with Crippen LogP contribution in [0.3, 0.4) is 0 Å². The third kappa shape index (κ3) is 11.8. The number of hydrogen-bond donors (Lipinski definition) is 1. The molecule has 0 atom stereocenters. The number of rotatable bonds is 10. The van der Waals surface area contributed by atoms with Crippen LogP contribution < -0.4 is 5.32 Å². The number of nitrogens with zero attached hydrogens (tertiary/aromatic N) is 2. The lowest BCUT2D eigenvalue weighted by atomic mass is 10.1. The summed E-state index contributed by atoms with van der Waals surface area (Å²) in [7, 11) is 3.99. The van der Waals surface area contributed by atoms with Gasteiger partial charge in [0.1, 0.15) is 0 Å². The SMILES string of the molecule is CCOC(=O)CCCCCCNC(=NCc1ccccc1)N(C)C.I. The van der Waals surface area contributed by atoms with Crippen LogP contribution in [0.1, 0.15) is 44.6 Å². The van der Waals surface area contributed by atoms with E-state index in [1.54, 1.807) is 0 Å². The third-order valence-corrected chi connectivity index (χ3v) is 3.57. The Labute approximate surface area is 169 Å². The van der Waals surface area contributed by atoms with Crippen LogP contribution in [0.25, 0.3) is 0 Å². The molecular weight excluding hydrogens is 429 g/mol. The summed E-state index contributed by atoms with van der Waals surface area (Å²) in [6, 6.07) is 10.2. The second-order valence-corrected chi connectivity index (χ2v) is 5.92. The smallest absolute Gasteiger partial charge is 0.305 e. The van der Waals surface area contributed by atoms with Crippen molar-refractivity contribution in [1.29, 1.82) is 0 Å². The molecule has 0 saturated heterocycles. The molecule has 0 heterocycles. The van der Waals surface area contributed by atoms with Crippen molar-refractivity contribution in [3.05, 3.63) is 35.9 Å². The van der Waals surface area contributed by atoms with Crippen molar-refractivity contribution in [3.8, 4) is 0 Å². The van der Waals surface area contributed by atoms with Gasteiger partial charge in [0.05, 0.1) is 13.2 Å². The highest BCUT2D eigenvalue weighted by molar-refractivity contribution is 14.0. The van der Waals surface area contributed by atoms with Crippen molar-refractivity contribution in [2.45, 2.75) is 45.6 Å². The molecule has 142 valence electrons. The number of benzene rings is 1. The molecule has 0 aliphatic heterocycles. The van der Waals surface area contributed by atoms with E-state index in [4.69, 9.17) is 4.74 Å². The van der Waals surface area contributed by atoms with Gasteiger partial charge in [-0.3, -0.25) is 4.79 Å². The van der Waals surface area contributed by atoms with Gasteiger partial charge in [-0.15, -0.1) is 24.0 Å². The Hall–Kier alpha value is -1.31. The molecule has 1 rings (SSSR count). The molecule has 1 N–H and O–H groups in total. The topological polar surface area (TPSA) is 53.9 Å². The van der Waals surface area contributed by atoms with Gasteiger partial charge in [-0.25, -0.2) is 4.99 Å². The summed E-state index contributed by atoms with van der Waals surface area (Å²) in [6.07, 6.45) is 4.66. The first-order valence-corrected chi connectivity index (χ1v) is 8.78. The predicted octanol–water partition coefficient (Wildman–Crippen LogP) is 3.83. The molecule has 0 aliphatic carbocycles. The zero-order valence-corrected chi connectivity index (χ0v) is 18.0. The molecule has 0 unspecified atom stereocenters. The van der Waals surface area contributed by atoms with Crippen molar-refractivity contribution < 1.29 is 9.53 Å². The van der Waals surface area contributed by atoms with Gasteiger partial charge < -0.3 is 15.0 Å². The van der Waals surface area contributed by atoms with E-state index in [2.05, 4.69) is 22.4 Å². The molecule has 1 aromatic carbocycles. The molecule has 0 aliphatic rings. The normalized spacial score (nSPS) is 10.8. The van der Waals surface area contributed by atoms with Crippen LogP contribution in [0.2, 0.25) is 0 Å². The van der Waals surface area contributed by atoms with Gasteiger partial charge in [-0.2, -0.15) is 0 Å². The van der Waals surface area contributed by atoms with Gasteiger partial charge in [0.15, 0.2) is 5.96 Å². The Kier molecular flexibility index (Phi) is 14.2. The number of unbranched alkanes of at least 4 members (excludes halogenated alkanes) is 3. The summed E-state index contributed by atoms with van der Waals surface area (Å²) in [5, 5.41) is 3.39. The average Bonchev–Trinajstić information content (AvgIpc) is 2.57. The molecule has 0 aromatic heterocycles. The second-order valence-electron chi connectivity index (χ2n) is 5.92. The summed E-state index contributed by atoms with van der Waals surface area (Å²) in [5.41, 5.74) is 1.21. The fourth-order valence-corrected chi connectivity index (χ4v) is 2.29. The van der Waals surface area contributed by atoms with Crippen molar-refractivity contribution in [2.24, 2.45) is 4.99 Å². The summed E-state index contributed by atoms with van der Waals surface area (Å²) < 4.78 is 4.92. The molecule has 25 heavy (non-hydrogen) atoms. The second kappa shape index (κ2) is 15.0. The molecule has 0 amide bonds. The third-order valence-electron chi connectivity index (χ3n) is 3.57. The molecule has 0 spiro atoms. The minimum Gasteiger partial charge on any atom is -0.466 e. The van der Waals surface area contributed by atoms with Crippen molar-refractivity contribution in [2.75, 3.05) is 27.2 Å². The van der Waals surface area contributed by atoms with E-state index in [9.17, 15) is 4.79 Å². The monoisotopic (exact) mass is 461 g/mol. The molecule has 0 saturated carbocycles. The van der Waals surface area contributed by atoms with Crippen LogP contribution in [0.4, 0.5) is 0 Å². The molecule has 6 heteroatoms. The van der Waals surface area contributed by atoms with Crippen LogP contribution in [-0.2, 0) is 16.1 Å². The number of nitrogens with one attached hydrogen (secondary N) is 1. The molecule has 0 bridgehead atoms. The highest BCUT2D eigenvalue weighted by atomic mass is 127. The maximum atomic E-state index is 11.2. The van der Waals surface area contributed by atoms with Crippen LogP contribution in [-0.4, -0.2) is 44.1 Å². The van der Waals surface area contributed by atoms with Crippen molar-refractivity contribution in [1.82, 2.24) is 10.2 Å². The number of aliphatic imine (C=N–C) groups is 1. The van der Waals surface area contributed by atoms with Gasteiger partial charge in [0.2, 0.25) is 0 Å². The Morgan fingerprint density at radius 1 is 1.12 bits per heavy atom. The fraction of sp³-hybridized carbons (Fsp3) is 0.579. The summed E-state index contributed by atoms with van der Waals surface area (Å²) in [6.45, 7) is 3.88. The number of ether oxygens (including phenoxy) is 1. The number of carbonyl (C=O) groups excluding carboxylic acids is 1. The molecular formula is C19H32IN3O2. The maximum Gasteiger partial charge on any atom is 0.305 e. The first-order valence-electron chi connectivity index (χ1n) is 8.78. The number of hydrogen-bond acceptors (Lipinski definition) is 3. The van der Waals surface area contributed by atoms with Crippen LogP contribution >= 0.6 is 24.0 Å². The van der Waals surface area contributed by atoms with E-state index >= 15 is 0 Å². The quantitative estimate of drug-likeness (QED) is 0.189. The molecule has 0 radical (unpaired) electrons. The Balaban J connectivity index is 0.00000576. The Bertz CT molecular complexity index is 493.